The van der Waals surface area contributed by atoms with Gasteiger partial charge in [-0.3, -0.25) is 4.98 Å². The summed E-state index contributed by atoms with van der Waals surface area (Å²) in [6.07, 6.45) is 7.21. The maximum atomic E-state index is 5.97. The number of imidazole rings is 1. The Morgan fingerprint density at radius 1 is 1.47 bits per heavy atom. The summed E-state index contributed by atoms with van der Waals surface area (Å²) in [6.45, 7) is 2.24. The summed E-state index contributed by atoms with van der Waals surface area (Å²) in [6, 6.07) is 1.99. The number of aromatic nitrogens is 3. The summed E-state index contributed by atoms with van der Waals surface area (Å²) in [5.41, 5.74) is 8.13. The van der Waals surface area contributed by atoms with E-state index in [1.54, 1.807) is 12.4 Å². The van der Waals surface area contributed by atoms with Gasteiger partial charge in [-0.05, 0) is 32.3 Å². The molecule has 0 aromatic carbocycles. The molecule has 2 heterocycles. The van der Waals surface area contributed by atoms with Gasteiger partial charge in [-0.1, -0.05) is 0 Å². The van der Waals surface area contributed by atoms with Crippen molar-refractivity contribution in [1.82, 2.24) is 14.5 Å². The largest absolute Gasteiger partial charge is 0.369 e. The van der Waals surface area contributed by atoms with Crippen LogP contribution in [0.4, 0.5) is 5.95 Å². The third-order valence-electron chi connectivity index (χ3n) is 3.45. The van der Waals surface area contributed by atoms with Gasteiger partial charge in [0.1, 0.15) is 5.52 Å². The fraction of sp³-hybridized carbons (Fsp3) is 0.455. The van der Waals surface area contributed by atoms with Crippen LogP contribution in [0.15, 0.2) is 18.5 Å². The van der Waals surface area contributed by atoms with E-state index >= 15 is 0 Å². The molecular formula is C11H14N4. The van der Waals surface area contributed by atoms with Crippen LogP contribution in [-0.2, 0) is 5.54 Å². The first kappa shape index (κ1) is 8.71. The molecule has 1 fully saturated rings. The first-order chi connectivity index (χ1) is 7.21. The minimum Gasteiger partial charge on any atom is -0.369 e. The monoisotopic (exact) mass is 202 g/mol. The Kier molecular flexibility index (Phi) is 1.58. The summed E-state index contributed by atoms with van der Waals surface area (Å²) in [5.74, 6) is 0.611. The highest BCUT2D eigenvalue weighted by molar-refractivity contribution is 5.77. The zero-order chi connectivity index (χ0) is 10.5. The van der Waals surface area contributed by atoms with E-state index in [0.29, 0.717) is 5.95 Å². The van der Waals surface area contributed by atoms with Crippen molar-refractivity contribution >= 4 is 17.0 Å². The summed E-state index contributed by atoms with van der Waals surface area (Å²) < 4.78 is 2.16. The van der Waals surface area contributed by atoms with Crippen LogP contribution in [0.2, 0.25) is 0 Å². The van der Waals surface area contributed by atoms with Gasteiger partial charge in [-0.25, -0.2) is 4.98 Å². The second kappa shape index (κ2) is 2.72. The molecule has 3 rings (SSSR count). The highest BCUT2D eigenvalue weighted by Gasteiger charge is 2.36. The van der Waals surface area contributed by atoms with E-state index in [1.807, 2.05) is 6.07 Å². The molecule has 2 N–H and O–H groups in total. The van der Waals surface area contributed by atoms with Crippen molar-refractivity contribution in [2.75, 3.05) is 5.73 Å². The first-order valence-corrected chi connectivity index (χ1v) is 5.29. The number of nitrogens with zero attached hydrogens (tertiary/aromatic N) is 3. The van der Waals surface area contributed by atoms with E-state index in [1.165, 1.54) is 19.3 Å². The van der Waals surface area contributed by atoms with Gasteiger partial charge >= 0.3 is 0 Å². The number of rotatable bonds is 1. The van der Waals surface area contributed by atoms with E-state index in [9.17, 15) is 0 Å². The smallest absolute Gasteiger partial charge is 0.201 e. The molecule has 0 radical (unpaired) electrons. The van der Waals surface area contributed by atoms with Crippen LogP contribution in [-0.4, -0.2) is 14.5 Å². The van der Waals surface area contributed by atoms with Crippen molar-refractivity contribution in [1.29, 1.82) is 0 Å². The van der Waals surface area contributed by atoms with Crippen LogP contribution < -0.4 is 5.73 Å². The molecular weight excluding hydrogens is 188 g/mol. The van der Waals surface area contributed by atoms with Crippen molar-refractivity contribution in [3.8, 4) is 0 Å². The predicted octanol–water partition coefficient (Wildman–Crippen LogP) is 1.91. The maximum Gasteiger partial charge on any atom is 0.201 e. The minimum atomic E-state index is 0.167. The molecule has 1 aliphatic carbocycles. The molecule has 78 valence electrons. The zero-order valence-electron chi connectivity index (χ0n) is 8.77. The van der Waals surface area contributed by atoms with Crippen LogP contribution in [0, 0.1) is 0 Å². The molecule has 0 saturated heterocycles. The number of hydrogen-bond donors (Lipinski definition) is 1. The van der Waals surface area contributed by atoms with E-state index < -0.39 is 0 Å². The number of nitrogens with two attached hydrogens (primary N) is 1. The Balaban J connectivity index is 2.29. The zero-order valence-corrected chi connectivity index (χ0v) is 8.77. The molecule has 0 spiro atoms. The summed E-state index contributed by atoms with van der Waals surface area (Å²) in [4.78, 5) is 8.40. The number of anilines is 1. The van der Waals surface area contributed by atoms with E-state index in [-0.39, 0.29) is 5.54 Å². The second-order valence-electron chi connectivity index (χ2n) is 4.52. The fourth-order valence-electron chi connectivity index (χ4n) is 2.43. The first-order valence-electron chi connectivity index (χ1n) is 5.29. The van der Waals surface area contributed by atoms with Gasteiger partial charge in [-0.2, -0.15) is 0 Å². The van der Waals surface area contributed by atoms with Crippen LogP contribution in [0.25, 0.3) is 11.0 Å². The molecule has 2 aromatic rings. The normalized spacial score (nSPS) is 19.0. The topological polar surface area (TPSA) is 56.7 Å². The van der Waals surface area contributed by atoms with Crippen LogP contribution in [0.1, 0.15) is 26.2 Å². The van der Waals surface area contributed by atoms with Gasteiger partial charge in [0.25, 0.3) is 0 Å². The summed E-state index contributed by atoms with van der Waals surface area (Å²) in [5, 5.41) is 0. The van der Waals surface area contributed by atoms with Gasteiger partial charge in [0.2, 0.25) is 5.95 Å². The summed E-state index contributed by atoms with van der Waals surface area (Å²) >= 11 is 0. The molecule has 0 aliphatic heterocycles. The minimum absolute atomic E-state index is 0.167. The molecule has 0 bridgehead atoms. The van der Waals surface area contributed by atoms with E-state index in [4.69, 9.17) is 5.73 Å². The van der Waals surface area contributed by atoms with Gasteiger partial charge in [0, 0.05) is 11.7 Å². The number of nitrogen functional groups attached to an aromatic ring is 1. The van der Waals surface area contributed by atoms with Crippen LogP contribution >= 0.6 is 0 Å². The molecule has 4 nitrogen and oxygen atoms in total. The summed E-state index contributed by atoms with van der Waals surface area (Å²) in [7, 11) is 0. The highest BCUT2D eigenvalue weighted by Crippen LogP contribution is 2.42. The van der Waals surface area contributed by atoms with E-state index in [0.717, 1.165) is 11.0 Å². The molecule has 4 heteroatoms. The Morgan fingerprint density at radius 3 is 2.93 bits per heavy atom. The van der Waals surface area contributed by atoms with Crippen molar-refractivity contribution in [3.05, 3.63) is 18.5 Å². The highest BCUT2D eigenvalue weighted by atomic mass is 15.2. The van der Waals surface area contributed by atoms with E-state index in [2.05, 4.69) is 21.5 Å². The second-order valence-corrected chi connectivity index (χ2v) is 4.52. The van der Waals surface area contributed by atoms with Gasteiger partial charge in [0.05, 0.1) is 11.7 Å². The lowest BCUT2D eigenvalue weighted by Crippen LogP contribution is -2.37. The molecule has 15 heavy (non-hydrogen) atoms. The Labute approximate surface area is 88.1 Å². The molecule has 0 amide bonds. The number of hydrogen-bond acceptors (Lipinski definition) is 3. The Hall–Kier alpha value is -1.58. The van der Waals surface area contributed by atoms with Gasteiger partial charge in [-0.15, -0.1) is 0 Å². The number of pyridine rings is 1. The predicted molar refractivity (Wildman–Crippen MR) is 59.4 cm³/mol. The lowest BCUT2D eigenvalue weighted by molar-refractivity contribution is 0.177. The van der Waals surface area contributed by atoms with Crippen LogP contribution in [0.3, 0.4) is 0 Å². The molecule has 0 atom stereocenters. The third kappa shape index (κ3) is 1.07. The fourth-order valence-corrected chi connectivity index (χ4v) is 2.43. The lowest BCUT2D eigenvalue weighted by atomic mass is 9.78. The maximum absolute atomic E-state index is 5.97. The SMILES string of the molecule is CC1(n2c(N)nc3cnccc32)CCC1. The molecule has 2 aromatic heterocycles. The van der Waals surface area contributed by atoms with Gasteiger partial charge < -0.3 is 10.3 Å². The van der Waals surface area contributed by atoms with Crippen molar-refractivity contribution in [2.45, 2.75) is 31.7 Å². The van der Waals surface area contributed by atoms with Crippen LogP contribution in [0.5, 0.6) is 0 Å². The van der Waals surface area contributed by atoms with Crippen molar-refractivity contribution in [2.24, 2.45) is 0 Å². The molecule has 1 aliphatic rings. The number of fused-ring (bicyclic) bond motifs is 1. The lowest BCUT2D eigenvalue weighted by Gasteiger charge is -2.40. The Morgan fingerprint density at radius 2 is 2.27 bits per heavy atom. The average Bonchev–Trinajstić information content (AvgIpc) is 2.51. The Bertz CT molecular complexity index is 510. The van der Waals surface area contributed by atoms with Crippen molar-refractivity contribution < 1.29 is 0 Å². The average molecular weight is 202 g/mol. The van der Waals surface area contributed by atoms with Gasteiger partial charge in [0.15, 0.2) is 0 Å². The third-order valence-corrected chi connectivity index (χ3v) is 3.45. The van der Waals surface area contributed by atoms with Crippen molar-refractivity contribution in [3.63, 3.8) is 0 Å². The quantitative estimate of drug-likeness (QED) is 0.768. The molecule has 1 saturated carbocycles. The standard InChI is InChI=1S/C11H14N4/c1-11(4-2-5-11)15-9-3-6-13-7-8(9)14-10(15)12/h3,6-7H,2,4-5H2,1H3,(H2,12,14). The molecule has 0 unspecified atom stereocenters.